The van der Waals surface area contributed by atoms with Crippen LogP contribution in [0.4, 0.5) is 5.69 Å². The Kier molecular flexibility index (Phi) is 4.52. The Bertz CT molecular complexity index is 789. The third-order valence-electron chi connectivity index (χ3n) is 3.00. The van der Waals surface area contributed by atoms with Gasteiger partial charge in [0.1, 0.15) is 4.47 Å². The van der Waals surface area contributed by atoms with E-state index in [0.29, 0.717) is 25.8 Å². The Morgan fingerprint density at radius 2 is 2.00 bits per heavy atom. The predicted octanol–water partition coefficient (Wildman–Crippen LogP) is 2.74. The van der Waals surface area contributed by atoms with Crippen molar-refractivity contribution in [1.82, 2.24) is 14.8 Å². The molecule has 0 aliphatic heterocycles. The van der Waals surface area contributed by atoms with Crippen LogP contribution >= 0.6 is 31.9 Å². The van der Waals surface area contributed by atoms with E-state index in [1.165, 1.54) is 17.1 Å². The van der Waals surface area contributed by atoms with Crippen LogP contribution in [0.15, 0.2) is 26.1 Å². The Balaban J connectivity index is 2.51. The van der Waals surface area contributed by atoms with Crippen LogP contribution in [0, 0.1) is 24.0 Å². The highest BCUT2D eigenvalue weighted by Crippen LogP contribution is 2.24. The lowest BCUT2D eigenvalue weighted by molar-refractivity contribution is -0.386. The maximum absolute atomic E-state index is 12.1. The lowest BCUT2D eigenvalue weighted by Crippen LogP contribution is -2.25. The molecular formula is C12H10Br2N4O3. The standard InChI is InChI=1S/C12H10Br2N4O3/c1-6-3-15-9(7(2)11(6)18(20)21)5-17-12(19)10(14)8(13)4-16-17/h3-4H,5H2,1-2H3. The Morgan fingerprint density at radius 1 is 1.33 bits per heavy atom. The topological polar surface area (TPSA) is 90.9 Å². The monoisotopic (exact) mass is 416 g/mol. The van der Waals surface area contributed by atoms with Crippen molar-refractivity contribution in [2.24, 2.45) is 0 Å². The van der Waals surface area contributed by atoms with Gasteiger partial charge in [0.05, 0.1) is 33.4 Å². The van der Waals surface area contributed by atoms with E-state index in [4.69, 9.17) is 0 Å². The van der Waals surface area contributed by atoms with Crippen molar-refractivity contribution in [1.29, 1.82) is 0 Å². The summed E-state index contributed by atoms with van der Waals surface area (Å²) in [6.07, 6.45) is 2.91. The molecule has 0 saturated carbocycles. The third-order valence-corrected chi connectivity index (χ3v) is 4.90. The summed E-state index contributed by atoms with van der Waals surface area (Å²) in [5, 5.41) is 15.1. The van der Waals surface area contributed by atoms with Crippen molar-refractivity contribution >= 4 is 37.5 Å². The maximum atomic E-state index is 12.1. The fourth-order valence-corrected chi connectivity index (χ4v) is 2.47. The summed E-state index contributed by atoms with van der Waals surface area (Å²) in [4.78, 5) is 26.9. The molecule has 0 saturated heterocycles. The van der Waals surface area contributed by atoms with Crippen molar-refractivity contribution in [3.63, 3.8) is 0 Å². The third kappa shape index (κ3) is 3.03. The summed E-state index contributed by atoms with van der Waals surface area (Å²) < 4.78 is 2.09. The molecule has 2 heterocycles. The van der Waals surface area contributed by atoms with Crippen LogP contribution in [0.5, 0.6) is 0 Å². The first-order valence-electron chi connectivity index (χ1n) is 5.83. The summed E-state index contributed by atoms with van der Waals surface area (Å²) in [7, 11) is 0. The lowest BCUT2D eigenvalue weighted by Gasteiger charge is -2.09. The van der Waals surface area contributed by atoms with Gasteiger partial charge in [-0.25, -0.2) is 4.68 Å². The fraction of sp³-hybridized carbons (Fsp3) is 0.250. The number of aryl methyl sites for hydroxylation is 1. The Morgan fingerprint density at radius 3 is 2.62 bits per heavy atom. The lowest BCUT2D eigenvalue weighted by atomic mass is 10.1. The highest BCUT2D eigenvalue weighted by atomic mass is 79.9. The number of hydrogen-bond acceptors (Lipinski definition) is 5. The van der Waals surface area contributed by atoms with E-state index in [9.17, 15) is 14.9 Å². The summed E-state index contributed by atoms with van der Waals surface area (Å²) in [5.74, 6) is 0. The van der Waals surface area contributed by atoms with Gasteiger partial charge in [-0.2, -0.15) is 5.10 Å². The SMILES string of the molecule is Cc1cnc(Cn2ncc(Br)c(Br)c2=O)c(C)c1[N+](=O)[O-]. The van der Waals surface area contributed by atoms with Crippen LogP contribution in [0.1, 0.15) is 16.8 Å². The van der Waals surface area contributed by atoms with Crippen molar-refractivity contribution in [3.8, 4) is 0 Å². The summed E-state index contributed by atoms with van der Waals surface area (Å²) >= 11 is 6.35. The molecule has 7 nitrogen and oxygen atoms in total. The van der Waals surface area contributed by atoms with Gasteiger partial charge in [-0.05, 0) is 45.7 Å². The summed E-state index contributed by atoms with van der Waals surface area (Å²) in [5.41, 5.74) is 1.04. The van der Waals surface area contributed by atoms with Gasteiger partial charge in [0.15, 0.2) is 0 Å². The molecule has 0 bridgehead atoms. The molecule has 0 N–H and O–H groups in total. The maximum Gasteiger partial charge on any atom is 0.282 e. The van der Waals surface area contributed by atoms with Gasteiger partial charge in [0, 0.05) is 11.8 Å². The van der Waals surface area contributed by atoms with Crippen LogP contribution in [0.2, 0.25) is 0 Å². The minimum absolute atomic E-state index is 0.0178. The molecule has 2 aromatic rings. The number of nitrogens with zero attached hydrogens (tertiary/aromatic N) is 4. The minimum Gasteiger partial charge on any atom is -0.266 e. The molecule has 0 aromatic carbocycles. The average molecular weight is 418 g/mol. The van der Waals surface area contributed by atoms with Crippen LogP contribution in [-0.4, -0.2) is 19.7 Å². The molecule has 9 heteroatoms. The largest absolute Gasteiger partial charge is 0.282 e. The molecule has 2 aromatic heterocycles. The highest BCUT2D eigenvalue weighted by Gasteiger charge is 2.19. The molecule has 0 unspecified atom stereocenters. The Hall–Kier alpha value is -1.61. The fourth-order valence-electron chi connectivity index (χ4n) is 1.90. The zero-order chi connectivity index (χ0) is 15.7. The average Bonchev–Trinajstić information content (AvgIpc) is 2.42. The van der Waals surface area contributed by atoms with E-state index in [1.807, 2.05) is 0 Å². The van der Waals surface area contributed by atoms with Crippen molar-refractivity contribution < 1.29 is 4.92 Å². The van der Waals surface area contributed by atoms with Gasteiger partial charge in [-0.15, -0.1) is 0 Å². The summed E-state index contributed by atoms with van der Waals surface area (Å²) in [6, 6.07) is 0. The molecule has 0 aliphatic rings. The van der Waals surface area contributed by atoms with Crippen molar-refractivity contribution in [2.45, 2.75) is 20.4 Å². The van der Waals surface area contributed by atoms with Crippen molar-refractivity contribution in [3.05, 3.63) is 58.6 Å². The summed E-state index contributed by atoms with van der Waals surface area (Å²) in [6.45, 7) is 3.31. The zero-order valence-electron chi connectivity index (χ0n) is 11.1. The highest BCUT2D eigenvalue weighted by molar-refractivity contribution is 9.13. The Labute approximate surface area is 136 Å². The predicted molar refractivity (Wildman–Crippen MR) is 83.4 cm³/mol. The first-order chi connectivity index (χ1) is 9.82. The first kappa shape index (κ1) is 15.8. The van der Waals surface area contributed by atoms with Gasteiger partial charge in [-0.3, -0.25) is 19.9 Å². The second kappa shape index (κ2) is 6.02. The number of nitro groups is 1. The molecule has 0 atom stereocenters. The van der Waals surface area contributed by atoms with E-state index in [1.54, 1.807) is 13.8 Å². The first-order valence-corrected chi connectivity index (χ1v) is 7.42. The normalized spacial score (nSPS) is 10.7. The van der Waals surface area contributed by atoms with E-state index >= 15 is 0 Å². The van der Waals surface area contributed by atoms with Gasteiger partial charge in [-0.1, -0.05) is 0 Å². The van der Waals surface area contributed by atoms with E-state index in [0.717, 1.165) is 0 Å². The second-order valence-electron chi connectivity index (χ2n) is 4.39. The molecule has 0 amide bonds. The number of aromatic nitrogens is 3. The van der Waals surface area contributed by atoms with E-state index in [2.05, 4.69) is 41.9 Å². The smallest absolute Gasteiger partial charge is 0.266 e. The minimum atomic E-state index is -0.441. The van der Waals surface area contributed by atoms with Gasteiger partial charge in [0.25, 0.3) is 11.2 Å². The van der Waals surface area contributed by atoms with Gasteiger partial charge >= 0.3 is 0 Å². The number of pyridine rings is 1. The molecule has 0 spiro atoms. The van der Waals surface area contributed by atoms with Gasteiger partial charge < -0.3 is 0 Å². The molecule has 2 rings (SSSR count). The van der Waals surface area contributed by atoms with Crippen LogP contribution in [0.3, 0.4) is 0 Å². The van der Waals surface area contributed by atoms with Gasteiger partial charge in [0.2, 0.25) is 0 Å². The zero-order valence-corrected chi connectivity index (χ0v) is 14.3. The molecule has 0 radical (unpaired) electrons. The molecule has 0 fully saturated rings. The van der Waals surface area contributed by atoms with E-state index < -0.39 is 4.92 Å². The van der Waals surface area contributed by atoms with Crippen LogP contribution < -0.4 is 5.56 Å². The molecular weight excluding hydrogens is 408 g/mol. The van der Waals surface area contributed by atoms with Crippen molar-refractivity contribution in [2.75, 3.05) is 0 Å². The van der Waals surface area contributed by atoms with E-state index in [-0.39, 0.29) is 17.8 Å². The number of halogens is 2. The van der Waals surface area contributed by atoms with Crippen LogP contribution in [0.25, 0.3) is 0 Å². The number of hydrogen-bond donors (Lipinski definition) is 0. The second-order valence-corrected chi connectivity index (χ2v) is 6.04. The molecule has 21 heavy (non-hydrogen) atoms. The molecule has 110 valence electrons. The van der Waals surface area contributed by atoms with Crippen LogP contribution in [-0.2, 0) is 6.54 Å². The molecule has 0 aliphatic carbocycles. The number of rotatable bonds is 3. The quantitative estimate of drug-likeness (QED) is 0.565.